The van der Waals surface area contributed by atoms with E-state index in [1.54, 1.807) is 0 Å². The van der Waals surface area contributed by atoms with Gasteiger partial charge in [-0.15, -0.1) is 10.2 Å². The topological polar surface area (TPSA) is 83.6 Å². The van der Waals surface area contributed by atoms with Crippen LogP contribution in [0.1, 0.15) is 57.2 Å². The molecule has 1 aromatic heterocycles. The van der Waals surface area contributed by atoms with Gasteiger partial charge in [-0.2, -0.15) is 5.21 Å². The van der Waals surface area contributed by atoms with Crippen molar-refractivity contribution >= 4 is 5.91 Å². The number of hydrogen-bond donors (Lipinski definition) is 2. The minimum absolute atomic E-state index is 0.160. The summed E-state index contributed by atoms with van der Waals surface area (Å²) in [7, 11) is 0. The van der Waals surface area contributed by atoms with Crippen molar-refractivity contribution in [2.75, 3.05) is 0 Å². The van der Waals surface area contributed by atoms with Gasteiger partial charge in [-0.1, -0.05) is 24.5 Å². The average Bonchev–Trinajstić information content (AvgIpc) is 3.10. The summed E-state index contributed by atoms with van der Waals surface area (Å²) in [5, 5.41) is 16.3. The Balaban J connectivity index is 1.82. The Bertz CT molecular complexity index is 499. The number of nitrogens with one attached hydrogen (secondary N) is 2. The van der Waals surface area contributed by atoms with Crippen molar-refractivity contribution < 1.29 is 13.6 Å². The number of carbonyl (C=O) groups excluding carboxylic acids is 1. The molecular formula is C13H19F2N5O. The molecule has 3 rings (SSSR count). The van der Waals surface area contributed by atoms with Gasteiger partial charge in [-0.05, 0) is 25.7 Å². The number of aromatic nitrogens is 4. The van der Waals surface area contributed by atoms with Gasteiger partial charge in [-0.25, -0.2) is 8.78 Å². The highest BCUT2D eigenvalue weighted by Gasteiger charge is 2.50. The molecule has 0 aliphatic heterocycles. The fourth-order valence-electron chi connectivity index (χ4n) is 3.47. The third-order valence-electron chi connectivity index (χ3n) is 4.73. The minimum atomic E-state index is -2.82. The van der Waals surface area contributed by atoms with E-state index in [0.29, 0.717) is 31.5 Å². The van der Waals surface area contributed by atoms with Gasteiger partial charge in [0.2, 0.25) is 5.91 Å². The van der Waals surface area contributed by atoms with E-state index in [-0.39, 0.29) is 12.3 Å². The number of tetrazole rings is 1. The van der Waals surface area contributed by atoms with Crippen molar-refractivity contribution in [3.63, 3.8) is 0 Å². The van der Waals surface area contributed by atoms with Crippen LogP contribution in [0.15, 0.2) is 0 Å². The lowest BCUT2D eigenvalue weighted by Gasteiger charge is -2.34. The van der Waals surface area contributed by atoms with Gasteiger partial charge in [0.25, 0.3) is 5.92 Å². The first-order chi connectivity index (χ1) is 10.0. The average molecular weight is 299 g/mol. The summed E-state index contributed by atoms with van der Waals surface area (Å²) in [5.41, 5.74) is -0.913. The standard InChI is InChI=1S/C13H19F2N5O/c14-13(15)8-4-5-9(13)16-11(21)12(6-2-1-3-7-12)10-17-19-20-18-10/h9H,1-8H2,(H,16,21)(H,17,18,19,20). The predicted octanol–water partition coefficient (Wildman–Crippen LogP) is 1.71. The van der Waals surface area contributed by atoms with Crippen LogP contribution >= 0.6 is 0 Å². The van der Waals surface area contributed by atoms with Crippen molar-refractivity contribution in [1.29, 1.82) is 0 Å². The third-order valence-corrected chi connectivity index (χ3v) is 4.73. The van der Waals surface area contributed by atoms with Crippen LogP contribution in [0.3, 0.4) is 0 Å². The maximum absolute atomic E-state index is 13.7. The highest BCUT2D eigenvalue weighted by atomic mass is 19.3. The lowest BCUT2D eigenvalue weighted by Crippen LogP contribution is -2.53. The van der Waals surface area contributed by atoms with Crippen LogP contribution in [0.2, 0.25) is 0 Å². The predicted molar refractivity (Wildman–Crippen MR) is 69.7 cm³/mol. The summed E-state index contributed by atoms with van der Waals surface area (Å²) in [5.74, 6) is -2.88. The SMILES string of the molecule is O=C(NC1CCCC1(F)F)C1(c2nn[nH]n2)CCCCC1. The third kappa shape index (κ3) is 2.51. The number of rotatable bonds is 3. The summed E-state index contributed by atoms with van der Waals surface area (Å²) in [6.45, 7) is 0. The second-order valence-corrected chi connectivity index (χ2v) is 6.06. The molecule has 0 saturated heterocycles. The van der Waals surface area contributed by atoms with Crippen LogP contribution in [-0.2, 0) is 10.2 Å². The van der Waals surface area contributed by atoms with E-state index in [4.69, 9.17) is 0 Å². The maximum Gasteiger partial charge on any atom is 0.267 e. The molecule has 1 heterocycles. The molecule has 8 heteroatoms. The summed E-state index contributed by atoms with van der Waals surface area (Å²) in [4.78, 5) is 12.7. The second-order valence-electron chi connectivity index (χ2n) is 6.06. The molecule has 0 spiro atoms. The lowest BCUT2D eigenvalue weighted by molar-refractivity contribution is -0.132. The Morgan fingerprint density at radius 1 is 1.19 bits per heavy atom. The smallest absolute Gasteiger partial charge is 0.267 e. The van der Waals surface area contributed by atoms with Crippen molar-refractivity contribution in [1.82, 2.24) is 25.9 Å². The number of halogens is 2. The number of amides is 1. The van der Waals surface area contributed by atoms with E-state index >= 15 is 0 Å². The monoisotopic (exact) mass is 299 g/mol. The van der Waals surface area contributed by atoms with E-state index in [9.17, 15) is 13.6 Å². The normalized spacial score (nSPS) is 27.4. The fraction of sp³-hybridized carbons (Fsp3) is 0.846. The molecule has 1 aromatic rings. The highest BCUT2D eigenvalue weighted by Crippen LogP contribution is 2.40. The van der Waals surface area contributed by atoms with E-state index in [1.165, 1.54) is 0 Å². The quantitative estimate of drug-likeness (QED) is 0.890. The number of aromatic amines is 1. The van der Waals surface area contributed by atoms with E-state index in [2.05, 4.69) is 25.9 Å². The second kappa shape index (κ2) is 5.31. The van der Waals surface area contributed by atoms with E-state index < -0.39 is 17.4 Å². The molecular weight excluding hydrogens is 280 g/mol. The first kappa shape index (κ1) is 14.3. The first-order valence-corrected chi connectivity index (χ1v) is 7.47. The van der Waals surface area contributed by atoms with Crippen molar-refractivity contribution in [3.8, 4) is 0 Å². The van der Waals surface area contributed by atoms with E-state index in [0.717, 1.165) is 19.3 Å². The largest absolute Gasteiger partial charge is 0.346 e. The van der Waals surface area contributed by atoms with Crippen LogP contribution in [0.4, 0.5) is 8.78 Å². The van der Waals surface area contributed by atoms with Crippen LogP contribution in [0.25, 0.3) is 0 Å². The molecule has 0 radical (unpaired) electrons. The van der Waals surface area contributed by atoms with Crippen LogP contribution in [0.5, 0.6) is 0 Å². The Labute approximate surface area is 121 Å². The molecule has 1 unspecified atom stereocenters. The Kier molecular flexibility index (Phi) is 3.62. The first-order valence-electron chi connectivity index (χ1n) is 7.47. The van der Waals surface area contributed by atoms with Crippen LogP contribution < -0.4 is 5.32 Å². The van der Waals surface area contributed by atoms with E-state index in [1.807, 2.05) is 0 Å². The molecule has 1 amide bonds. The van der Waals surface area contributed by atoms with Gasteiger partial charge >= 0.3 is 0 Å². The van der Waals surface area contributed by atoms with Crippen LogP contribution in [-0.4, -0.2) is 38.5 Å². The van der Waals surface area contributed by atoms with Gasteiger partial charge in [0, 0.05) is 6.42 Å². The molecule has 0 bridgehead atoms. The molecule has 2 aliphatic rings. The molecule has 6 nitrogen and oxygen atoms in total. The summed E-state index contributed by atoms with van der Waals surface area (Å²) in [6.07, 6.45) is 4.52. The van der Waals surface area contributed by atoms with Crippen molar-refractivity contribution in [2.45, 2.75) is 68.7 Å². The lowest BCUT2D eigenvalue weighted by atomic mass is 9.72. The number of H-pyrrole nitrogens is 1. The highest BCUT2D eigenvalue weighted by molar-refractivity contribution is 5.87. The number of nitrogens with zero attached hydrogens (tertiary/aromatic N) is 3. The molecule has 2 aliphatic carbocycles. The zero-order chi connectivity index (χ0) is 14.9. The summed E-state index contributed by atoms with van der Waals surface area (Å²) >= 11 is 0. The summed E-state index contributed by atoms with van der Waals surface area (Å²) in [6, 6.07) is -1.07. The number of alkyl halides is 2. The number of hydrogen-bond acceptors (Lipinski definition) is 4. The summed E-state index contributed by atoms with van der Waals surface area (Å²) < 4.78 is 27.5. The molecule has 2 fully saturated rings. The molecule has 0 aromatic carbocycles. The van der Waals surface area contributed by atoms with Gasteiger partial charge in [-0.3, -0.25) is 4.79 Å². The van der Waals surface area contributed by atoms with Gasteiger partial charge in [0.05, 0.1) is 6.04 Å². The van der Waals surface area contributed by atoms with Gasteiger partial charge in [0.15, 0.2) is 5.82 Å². The molecule has 116 valence electrons. The van der Waals surface area contributed by atoms with Crippen molar-refractivity contribution in [3.05, 3.63) is 5.82 Å². The zero-order valence-corrected chi connectivity index (χ0v) is 11.7. The molecule has 2 N–H and O–H groups in total. The Morgan fingerprint density at radius 3 is 2.52 bits per heavy atom. The maximum atomic E-state index is 13.7. The van der Waals surface area contributed by atoms with Crippen molar-refractivity contribution in [2.24, 2.45) is 0 Å². The Hall–Kier alpha value is -1.60. The van der Waals surface area contributed by atoms with Gasteiger partial charge < -0.3 is 5.32 Å². The molecule has 2 saturated carbocycles. The minimum Gasteiger partial charge on any atom is -0.346 e. The molecule has 21 heavy (non-hydrogen) atoms. The fourth-order valence-corrected chi connectivity index (χ4v) is 3.47. The Morgan fingerprint density at radius 2 is 1.95 bits per heavy atom. The van der Waals surface area contributed by atoms with Crippen LogP contribution in [0, 0.1) is 0 Å². The molecule has 1 atom stereocenters. The van der Waals surface area contributed by atoms with Gasteiger partial charge in [0.1, 0.15) is 5.41 Å². The zero-order valence-electron chi connectivity index (χ0n) is 11.7. The number of carbonyl (C=O) groups is 1.